The molecule has 2 aromatic rings. The van der Waals surface area contributed by atoms with Gasteiger partial charge in [-0.3, -0.25) is 0 Å². The Balaban J connectivity index is 2.69. The number of halogens is 1. The summed E-state index contributed by atoms with van der Waals surface area (Å²) in [6.07, 6.45) is 0. The predicted octanol–water partition coefficient (Wildman–Crippen LogP) is 3.61. The molecule has 1 N–H and O–H groups in total. The Hall–Kier alpha value is -1.81. The van der Waals surface area contributed by atoms with Gasteiger partial charge in [-0.2, -0.15) is 0 Å². The van der Waals surface area contributed by atoms with Crippen molar-refractivity contribution in [3.8, 4) is 16.9 Å². The van der Waals surface area contributed by atoms with Gasteiger partial charge in [-0.25, -0.2) is 4.79 Å². The second kappa shape index (κ2) is 5.23. The van der Waals surface area contributed by atoms with Gasteiger partial charge in [0, 0.05) is 10.0 Å². The lowest BCUT2D eigenvalue weighted by Gasteiger charge is -2.11. The number of methoxy groups -OCH3 is 1. The third-order valence-electron chi connectivity index (χ3n) is 2.55. The molecule has 2 aromatic carbocycles. The highest BCUT2D eigenvalue weighted by Gasteiger charge is 2.18. The van der Waals surface area contributed by atoms with E-state index in [4.69, 9.17) is 4.74 Å². The molecule has 0 aliphatic heterocycles. The lowest BCUT2D eigenvalue weighted by molar-refractivity contribution is 0.0601. The molecule has 0 heterocycles. The van der Waals surface area contributed by atoms with E-state index >= 15 is 0 Å². The first-order valence-electron chi connectivity index (χ1n) is 5.29. The number of hydrogen-bond acceptors (Lipinski definition) is 3. The Morgan fingerprint density at radius 2 is 1.89 bits per heavy atom. The molecule has 0 fully saturated rings. The second-order valence-electron chi connectivity index (χ2n) is 3.71. The maximum absolute atomic E-state index is 11.8. The van der Waals surface area contributed by atoms with E-state index in [9.17, 15) is 9.90 Å². The highest BCUT2D eigenvalue weighted by molar-refractivity contribution is 9.10. The Labute approximate surface area is 113 Å². The summed E-state index contributed by atoms with van der Waals surface area (Å²) in [5.41, 5.74) is 1.57. The third-order valence-corrected chi connectivity index (χ3v) is 3.01. The predicted molar refractivity (Wildman–Crippen MR) is 72.6 cm³/mol. The molecule has 92 valence electrons. The molecule has 2 rings (SSSR count). The van der Waals surface area contributed by atoms with E-state index in [1.165, 1.54) is 7.11 Å². The Morgan fingerprint density at radius 3 is 2.50 bits per heavy atom. The summed E-state index contributed by atoms with van der Waals surface area (Å²) in [5.74, 6) is -0.443. The van der Waals surface area contributed by atoms with E-state index in [1.807, 2.05) is 30.3 Å². The molecular formula is C14H11BrO3. The van der Waals surface area contributed by atoms with Gasteiger partial charge in [0.25, 0.3) is 0 Å². The van der Waals surface area contributed by atoms with Crippen LogP contribution in [0.4, 0.5) is 0 Å². The van der Waals surface area contributed by atoms with Crippen molar-refractivity contribution in [2.45, 2.75) is 0 Å². The molecule has 0 unspecified atom stereocenters. The first-order chi connectivity index (χ1) is 8.63. The summed E-state index contributed by atoms with van der Waals surface area (Å²) in [4.78, 5) is 11.8. The smallest absolute Gasteiger partial charge is 0.338 e. The van der Waals surface area contributed by atoms with E-state index in [0.717, 1.165) is 5.56 Å². The lowest BCUT2D eigenvalue weighted by Crippen LogP contribution is -2.04. The fourth-order valence-corrected chi connectivity index (χ4v) is 2.22. The van der Waals surface area contributed by atoms with Crippen LogP contribution in [0.3, 0.4) is 0 Å². The summed E-state index contributed by atoms with van der Waals surface area (Å²) in [7, 11) is 1.31. The third kappa shape index (κ3) is 2.38. The molecule has 18 heavy (non-hydrogen) atoms. The minimum Gasteiger partial charge on any atom is -0.507 e. The zero-order valence-electron chi connectivity index (χ0n) is 9.68. The van der Waals surface area contributed by atoms with Crippen LogP contribution >= 0.6 is 15.9 Å². The summed E-state index contributed by atoms with van der Waals surface area (Å²) in [5, 5.41) is 10.0. The van der Waals surface area contributed by atoms with Crippen molar-refractivity contribution >= 4 is 21.9 Å². The zero-order valence-corrected chi connectivity index (χ0v) is 11.3. The van der Waals surface area contributed by atoms with Crippen LogP contribution in [0.1, 0.15) is 10.4 Å². The van der Waals surface area contributed by atoms with Gasteiger partial charge in [0.05, 0.1) is 12.7 Å². The number of phenols is 1. The van der Waals surface area contributed by atoms with Crippen LogP contribution in [0.2, 0.25) is 0 Å². The number of esters is 1. The van der Waals surface area contributed by atoms with Gasteiger partial charge in [0.15, 0.2) is 0 Å². The minimum atomic E-state index is -0.481. The van der Waals surface area contributed by atoms with Crippen molar-refractivity contribution in [1.29, 1.82) is 0 Å². The van der Waals surface area contributed by atoms with Crippen LogP contribution in [0.15, 0.2) is 46.9 Å². The average Bonchev–Trinajstić information content (AvgIpc) is 2.38. The standard InChI is InChI=1S/C14H11BrO3/c1-18-14(17)11-7-10(15)8-12(16)13(11)9-5-3-2-4-6-9/h2-8,16H,1H3. The molecule has 4 heteroatoms. The quantitative estimate of drug-likeness (QED) is 0.862. The van der Waals surface area contributed by atoms with Gasteiger partial charge in [0.1, 0.15) is 5.75 Å². The number of rotatable bonds is 2. The van der Waals surface area contributed by atoms with Gasteiger partial charge < -0.3 is 9.84 Å². The largest absolute Gasteiger partial charge is 0.507 e. The number of carbonyl (C=O) groups is 1. The highest BCUT2D eigenvalue weighted by atomic mass is 79.9. The fraction of sp³-hybridized carbons (Fsp3) is 0.0714. The maximum atomic E-state index is 11.8. The van der Waals surface area contributed by atoms with Crippen LogP contribution in [0.5, 0.6) is 5.75 Å². The molecule has 0 bridgehead atoms. The Kier molecular flexibility index (Phi) is 3.67. The van der Waals surface area contributed by atoms with Crippen molar-refractivity contribution < 1.29 is 14.6 Å². The van der Waals surface area contributed by atoms with E-state index in [0.29, 0.717) is 15.6 Å². The van der Waals surface area contributed by atoms with E-state index < -0.39 is 5.97 Å². The highest BCUT2D eigenvalue weighted by Crippen LogP contribution is 2.35. The number of carbonyl (C=O) groups excluding carboxylic acids is 1. The van der Waals surface area contributed by atoms with Crippen LogP contribution in [0, 0.1) is 0 Å². The fourth-order valence-electron chi connectivity index (χ4n) is 1.77. The number of aromatic hydroxyl groups is 1. The van der Waals surface area contributed by atoms with E-state index in [-0.39, 0.29) is 5.75 Å². The topological polar surface area (TPSA) is 46.5 Å². The molecule has 0 spiro atoms. The van der Waals surface area contributed by atoms with Crippen LogP contribution in [0.25, 0.3) is 11.1 Å². The molecule has 0 saturated carbocycles. The number of ether oxygens (including phenoxy) is 1. The summed E-state index contributed by atoms with van der Waals surface area (Å²) in [6, 6.07) is 12.4. The first kappa shape index (κ1) is 12.6. The number of phenolic OH excluding ortho intramolecular Hbond substituents is 1. The van der Waals surface area contributed by atoms with E-state index in [2.05, 4.69) is 15.9 Å². The molecule has 0 saturated heterocycles. The van der Waals surface area contributed by atoms with Crippen molar-refractivity contribution in [2.24, 2.45) is 0 Å². The molecule has 0 atom stereocenters. The van der Waals surface area contributed by atoms with Crippen molar-refractivity contribution in [1.82, 2.24) is 0 Å². The number of hydrogen-bond donors (Lipinski definition) is 1. The van der Waals surface area contributed by atoms with Crippen LogP contribution in [-0.4, -0.2) is 18.2 Å². The monoisotopic (exact) mass is 306 g/mol. The van der Waals surface area contributed by atoms with Crippen LogP contribution < -0.4 is 0 Å². The Bertz CT molecular complexity index is 579. The van der Waals surface area contributed by atoms with Gasteiger partial charge in [-0.1, -0.05) is 46.3 Å². The molecule has 0 radical (unpaired) electrons. The first-order valence-corrected chi connectivity index (χ1v) is 6.09. The van der Waals surface area contributed by atoms with Crippen LogP contribution in [-0.2, 0) is 4.74 Å². The summed E-state index contributed by atoms with van der Waals surface area (Å²) < 4.78 is 5.36. The molecule has 0 aliphatic carbocycles. The average molecular weight is 307 g/mol. The SMILES string of the molecule is COC(=O)c1cc(Br)cc(O)c1-c1ccccc1. The summed E-state index contributed by atoms with van der Waals surface area (Å²) >= 11 is 3.25. The molecule has 0 aromatic heterocycles. The Morgan fingerprint density at radius 1 is 1.22 bits per heavy atom. The van der Waals surface area contributed by atoms with Crippen molar-refractivity contribution in [2.75, 3.05) is 7.11 Å². The van der Waals surface area contributed by atoms with Crippen molar-refractivity contribution in [3.05, 3.63) is 52.5 Å². The van der Waals surface area contributed by atoms with Gasteiger partial charge in [-0.15, -0.1) is 0 Å². The molecular weight excluding hydrogens is 296 g/mol. The molecule has 0 aliphatic rings. The molecule has 0 amide bonds. The number of benzene rings is 2. The zero-order chi connectivity index (χ0) is 13.1. The van der Waals surface area contributed by atoms with Gasteiger partial charge in [0.2, 0.25) is 0 Å². The second-order valence-corrected chi connectivity index (χ2v) is 4.62. The normalized spacial score (nSPS) is 10.1. The van der Waals surface area contributed by atoms with Crippen molar-refractivity contribution in [3.63, 3.8) is 0 Å². The van der Waals surface area contributed by atoms with Gasteiger partial charge in [-0.05, 0) is 17.7 Å². The van der Waals surface area contributed by atoms with Gasteiger partial charge >= 0.3 is 5.97 Å². The minimum absolute atomic E-state index is 0.0379. The maximum Gasteiger partial charge on any atom is 0.338 e. The lowest BCUT2D eigenvalue weighted by atomic mass is 9.98. The summed E-state index contributed by atoms with van der Waals surface area (Å²) in [6.45, 7) is 0. The van der Waals surface area contributed by atoms with E-state index in [1.54, 1.807) is 12.1 Å². The molecule has 3 nitrogen and oxygen atoms in total.